The summed E-state index contributed by atoms with van der Waals surface area (Å²) in [6.07, 6.45) is 1.57. The van der Waals surface area contributed by atoms with Crippen LogP contribution in [-0.4, -0.2) is 13.1 Å². The highest BCUT2D eigenvalue weighted by atomic mass is 79.9. The lowest BCUT2D eigenvalue weighted by atomic mass is 10.1. The lowest BCUT2D eigenvalue weighted by molar-refractivity contribution is -0.135. The van der Waals surface area contributed by atoms with Gasteiger partial charge < -0.3 is 10.1 Å². The maximum Gasteiger partial charge on any atom is 0.346 e. The van der Waals surface area contributed by atoms with Crippen LogP contribution in [0.5, 0.6) is 0 Å². The highest BCUT2D eigenvalue weighted by molar-refractivity contribution is 9.12. The molecule has 0 bridgehead atoms. The van der Waals surface area contributed by atoms with Crippen LogP contribution in [0.4, 0.5) is 5.69 Å². The Morgan fingerprint density at radius 1 is 1.22 bits per heavy atom. The molecule has 0 aliphatic carbocycles. The molecular formula is C14H12BrNO2. The molecular weight excluding hydrogens is 294 g/mol. The van der Waals surface area contributed by atoms with Gasteiger partial charge in [-0.2, -0.15) is 0 Å². The molecule has 0 saturated heterocycles. The van der Waals surface area contributed by atoms with Crippen molar-refractivity contribution in [2.24, 2.45) is 0 Å². The number of hydrogen-bond acceptors (Lipinski definition) is 3. The summed E-state index contributed by atoms with van der Waals surface area (Å²) >= 11 is 3.13. The Labute approximate surface area is 114 Å². The molecule has 0 spiro atoms. The number of fused-ring (bicyclic) bond motifs is 1. The second kappa shape index (κ2) is 5.69. The number of carbonyl (C=O) groups is 1. The maximum atomic E-state index is 11.2. The van der Waals surface area contributed by atoms with Crippen LogP contribution in [-0.2, 0) is 9.53 Å². The van der Waals surface area contributed by atoms with E-state index < -0.39 is 5.97 Å². The van der Waals surface area contributed by atoms with Crippen molar-refractivity contribution in [3.05, 3.63) is 53.1 Å². The van der Waals surface area contributed by atoms with Crippen LogP contribution >= 0.6 is 15.9 Å². The summed E-state index contributed by atoms with van der Waals surface area (Å²) in [5, 5.41) is 5.37. The summed E-state index contributed by atoms with van der Waals surface area (Å²) in [6, 6.07) is 14.1. The summed E-state index contributed by atoms with van der Waals surface area (Å²) in [7, 11) is 1.34. The summed E-state index contributed by atoms with van der Waals surface area (Å²) in [4.78, 5) is 11.2. The predicted octanol–water partition coefficient (Wildman–Crippen LogP) is 3.66. The Kier molecular flexibility index (Phi) is 3.99. The van der Waals surface area contributed by atoms with Crippen molar-refractivity contribution >= 4 is 38.4 Å². The van der Waals surface area contributed by atoms with Gasteiger partial charge in [0.2, 0.25) is 0 Å². The van der Waals surface area contributed by atoms with Crippen molar-refractivity contribution in [2.45, 2.75) is 0 Å². The number of nitrogens with one attached hydrogen (secondary N) is 1. The van der Waals surface area contributed by atoms with Gasteiger partial charge in [-0.05, 0) is 38.8 Å². The molecule has 0 amide bonds. The molecule has 2 aromatic carbocycles. The number of methoxy groups -OCH3 is 1. The SMILES string of the molecule is COC(=O)/C(Br)=C/Nc1ccc2ccccc2c1. The van der Waals surface area contributed by atoms with Gasteiger partial charge in [-0.1, -0.05) is 30.3 Å². The minimum Gasteiger partial charge on any atom is -0.465 e. The molecule has 0 heterocycles. The Morgan fingerprint density at radius 2 is 1.94 bits per heavy atom. The molecule has 0 fully saturated rings. The van der Waals surface area contributed by atoms with Crippen molar-refractivity contribution < 1.29 is 9.53 Å². The Balaban J connectivity index is 2.20. The number of ether oxygens (including phenoxy) is 1. The standard InChI is InChI=1S/C14H12BrNO2/c1-18-14(17)13(15)9-16-12-7-6-10-4-2-3-5-11(10)8-12/h2-9,16H,1H3/b13-9-. The quantitative estimate of drug-likeness (QED) is 0.695. The van der Waals surface area contributed by atoms with Crippen LogP contribution in [0.15, 0.2) is 53.1 Å². The normalized spacial score (nSPS) is 11.3. The molecule has 0 saturated carbocycles. The van der Waals surface area contributed by atoms with Crippen molar-refractivity contribution in [1.82, 2.24) is 0 Å². The van der Waals surface area contributed by atoms with Gasteiger partial charge in [0, 0.05) is 11.9 Å². The van der Waals surface area contributed by atoms with E-state index in [1.165, 1.54) is 12.5 Å². The van der Waals surface area contributed by atoms with E-state index in [4.69, 9.17) is 0 Å². The fourth-order valence-corrected chi connectivity index (χ4v) is 1.86. The summed E-state index contributed by atoms with van der Waals surface area (Å²) in [6.45, 7) is 0. The molecule has 18 heavy (non-hydrogen) atoms. The number of rotatable bonds is 3. The van der Waals surface area contributed by atoms with Crippen LogP contribution < -0.4 is 5.32 Å². The Bertz CT molecular complexity index is 608. The largest absolute Gasteiger partial charge is 0.465 e. The zero-order valence-electron chi connectivity index (χ0n) is 9.81. The van der Waals surface area contributed by atoms with E-state index in [-0.39, 0.29) is 0 Å². The van der Waals surface area contributed by atoms with Gasteiger partial charge in [0.25, 0.3) is 0 Å². The van der Waals surface area contributed by atoms with E-state index in [9.17, 15) is 4.79 Å². The molecule has 92 valence electrons. The Morgan fingerprint density at radius 3 is 2.67 bits per heavy atom. The van der Waals surface area contributed by atoms with Gasteiger partial charge in [0.15, 0.2) is 0 Å². The van der Waals surface area contributed by atoms with Gasteiger partial charge >= 0.3 is 5.97 Å². The van der Waals surface area contributed by atoms with Crippen LogP contribution in [0.3, 0.4) is 0 Å². The number of esters is 1. The third-order valence-corrected chi connectivity index (χ3v) is 3.05. The van der Waals surface area contributed by atoms with E-state index in [0.29, 0.717) is 4.48 Å². The zero-order chi connectivity index (χ0) is 13.0. The molecule has 0 radical (unpaired) electrons. The number of hydrogen-bond donors (Lipinski definition) is 1. The van der Waals surface area contributed by atoms with Gasteiger partial charge in [-0.3, -0.25) is 0 Å². The van der Waals surface area contributed by atoms with Crippen molar-refractivity contribution in [3.63, 3.8) is 0 Å². The van der Waals surface area contributed by atoms with Crippen molar-refractivity contribution in [1.29, 1.82) is 0 Å². The van der Waals surface area contributed by atoms with E-state index in [1.54, 1.807) is 6.20 Å². The minimum atomic E-state index is -0.414. The molecule has 0 aliphatic rings. The van der Waals surface area contributed by atoms with Gasteiger partial charge in [-0.25, -0.2) is 4.79 Å². The lowest BCUT2D eigenvalue weighted by Crippen LogP contribution is -2.01. The van der Waals surface area contributed by atoms with Crippen LogP contribution in [0.2, 0.25) is 0 Å². The molecule has 3 nitrogen and oxygen atoms in total. The van der Waals surface area contributed by atoms with Gasteiger partial charge in [0.1, 0.15) is 4.48 Å². The summed E-state index contributed by atoms with van der Waals surface area (Å²) in [5.41, 5.74) is 0.912. The first-order valence-electron chi connectivity index (χ1n) is 5.40. The van der Waals surface area contributed by atoms with Gasteiger partial charge in [-0.15, -0.1) is 0 Å². The second-order valence-electron chi connectivity index (χ2n) is 3.69. The zero-order valence-corrected chi connectivity index (χ0v) is 11.4. The first kappa shape index (κ1) is 12.6. The highest BCUT2D eigenvalue weighted by Gasteiger charge is 2.04. The van der Waals surface area contributed by atoms with Crippen LogP contribution in [0, 0.1) is 0 Å². The number of halogens is 1. The van der Waals surface area contributed by atoms with E-state index >= 15 is 0 Å². The molecule has 2 aromatic rings. The van der Waals surface area contributed by atoms with E-state index in [1.807, 2.05) is 36.4 Å². The minimum absolute atomic E-state index is 0.346. The predicted molar refractivity (Wildman–Crippen MR) is 76.6 cm³/mol. The molecule has 0 aromatic heterocycles. The van der Waals surface area contributed by atoms with Crippen LogP contribution in [0.25, 0.3) is 10.8 Å². The highest BCUT2D eigenvalue weighted by Crippen LogP contribution is 2.19. The average Bonchev–Trinajstić information content (AvgIpc) is 2.43. The van der Waals surface area contributed by atoms with Crippen molar-refractivity contribution in [3.8, 4) is 0 Å². The topological polar surface area (TPSA) is 38.3 Å². The van der Waals surface area contributed by atoms with E-state index in [0.717, 1.165) is 11.1 Å². The number of anilines is 1. The number of carbonyl (C=O) groups excluding carboxylic acids is 1. The molecule has 2 rings (SSSR count). The molecule has 0 unspecified atom stereocenters. The molecule has 4 heteroatoms. The lowest BCUT2D eigenvalue weighted by Gasteiger charge is -2.04. The average molecular weight is 306 g/mol. The maximum absolute atomic E-state index is 11.2. The smallest absolute Gasteiger partial charge is 0.346 e. The molecule has 1 N–H and O–H groups in total. The fraction of sp³-hybridized carbons (Fsp3) is 0.0714. The fourth-order valence-electron chi connectivity index (χ4n) is 1.58. The van der Waals surface area contributed by atoms with Gasteiger partial charge in [0.05, 0.1) is 7.11 Å². The third kappa shape index (κ3) is 2.90. The van der Waals surface area contributed by atoms with Crippen molar-refractivity contribution in [2.75, 3.05) is 12.4 Å². The molecule has 0 atom stereocenters. The first-order chi connectivity index (χ1) is 8.70. The molecule has 0 aliphatic heterocycles. The van der Waals surface area contributed by atoms with E-state index in [2.05, 4.69) is 32.0 Å². The monoisotopic (exact) mass is 305 g/mol. The third-order valence-electron chi connectivity index (χ3n) is 2.50. The second-order valence-corrected chi connectivity index (χ2v) is 4.54. The number of benzene rings is 2. The Hall–Kier alpha value is -1.81. The summed E-state index contributed by atoms with van der Waals surface area (Å²) in [5.74, 6) is -0.414. The summed E-state index contributed by atoms with van der Waals surface area (Å²) < 4.78 is 4.92. The van der Waals surface area contributed by atoms with Crippen LogP contribution in [0.1, 0.15) is 0 Å². The first-order valence-corrected chi connectivity index (χ1v) is 6.19.